The molecule has 0 aromatic heterocycles. The van der Waals surface area contributed by atoms with Crippen molar-refractivity contribution in [2.75, 3.05) is 6.54 Å². The average molecular weight is 283 g/mol. The lowest BCUT2D eigenvalue weighted by Crippen LogP contribution is -2.34. The minimum atomic E-state index is -1.43. The molecule has 0 bridgehead atoms. The van der Waals surface area contributed by atoms with Gasteiger partial charge in [-0.15, -0.1) is 0 Å². The van der Waals surface area contributed by atoms with Gasteiger partial charge in [0.05, 0.1) is 6.42 Å². The molecule has 20 heavy (non-hydrogen) atoms. The van der Waals surface area contributed by atoms with Crippen molar-refractivity contribution < 1.29 is 30.0 Å². The maximum Gasteiger partial charge on any atom is 0.307 e. The Labute approximate surface area is 115 Å². The van der Waals surface area contributed by atoms with Gasteiger partial charge in [-0.05, 0) is 17.7 Å². The van der Waals surface area contributed by atoms with E-state index in [9.17, 15) is 24.9 Å². The summed E-state index contributed by atoms with van der Waals surface area (Å²) in [7, 11) is 0. The fourth-order valence-electron chi connectivity index (χ4n) is 1.69. The number of aliphatic hydroxyl groups excluding tert-OH is 2. The summed E-state index contributed by atoms with van der Waals surface area (Å²) in [5, 5.41) is 40.4. The number of phenols is 1. The third kappa shape index (κ3) is 4.52. The zero-order valence-corrected chi connectivity index (χ0v) is 10.9. The number of carbonyl (C=O) groups is 2. The van der Waals surface area contributed by atoms with Gasteiger partial charge in [0.15, 0.2) is 0 Å². The second-order valence-corrected chi connectivity index (χ2v) is 4.41. The molecule has 0 heterocycles. The summed E-state index contributed by atoms with van der Waals surface area (Å²) in [6.07, 6.45) is -3.01. The van der Waals surface area contributed by atoms with E-state index in [4.69, 9.17) is 5.11 Å². The number of hydrogen-bond donors (Lipinski definition) is 5. The molecule has 0 radical (unpaired) electrons. The monoisotopic (exact) mass is 283 g/mol. The van der Waals surface area contributed by atoms with Crippen molar-refractivity contribution in [1.29, 1.82) is 0 Å². The Morgan fingerprint density at radius 2 is 1.95 bits per heavy atom. The van der Waals surface area contributed by atoms with Crippen molar-refractivity contribution in [2.24, 2.45) is 0 Å². The van der Waals surface area contributed by atoms with Gasteiger partial charge in [0, 0.05) is 19.0 Å². The molecule has 1 rings (SSSR count). The number of aromatic hydroxyl groups is 1. The van der Waals surface area contributed by atoms with Gasteiger partial charge >= 0.3 is 5.97 Å². The minimum Gasteiger partial charge on any atom is -0.508 e. The highest BCUT2D eigenvalue weighted by molar-refractivity contribution is 5.72. The van der Waals surface area contributed by atoms with Crippen molar-refractivity contribution in [1.82, 2.24) is 5.32 Å². The zero-order valence-electron chi connectivity index (χ0n) is 10.9. The third-order valence-corrected chi connectivity index (χ3v) is 2.69. The van der Waals surface area contributed by atoms with Gasteiger partial charge in [0.25, 0.3) is 0 Å². The third-order valence-electron chi connectivity index (χ3n) is 2.69. The zero-order chi connectivity index (χ0) is 15.3. The van der Waals surface area contributed by atoms with Crippen LogP contribution in [0.15, 0.2) is 18.2 Å². The van der Waals surface area contributed by atoms with Gasteiger partial charge in [0.2, 0.25) is 5.91 Å². The van der Waals surface area contributed by atoms with E-state index in [1.54, 1.807) is 0 Å². The van der Waals surface area contributed by atoms with Crippen LogP contribution >= 0.6 is 0 Å². The van der Waals surface area contributed by atoms with E-state index in [1.165, 1.54) is 25.1 Å². The molecule has 0 spiro atoms. The van der Waals surface area contributed by atoms with E-state index >= 15 is 0 Å². The van der Waals surface area contributed by atoms with E-state index in [-0.39, 0.29) is 30.2 Å². The minimum absolute atomic E-state index is 0.0154. The highest BCUT2D eigenvalue weighted by Crippen LogP contribution is 2.27. The number of benzene rings is 1. The molecule has 1 amide bonds. The number of rotatable bonds is 6. The molecule has 2 unspecified atom stereocenters. The number of aliphatic hydroxyl groups is 2. The van der Waals surface area contributed by atoms with Crippen LogP contribution in [0.5, 0.6) is 5.75 Å². The normalized spacial score (nSPS) is 13.6. The Bertz CT molecular complexity index is 502. The maximum atomic E-state index is 10.7. The lowest BCUT2D eigenvalue weighted by molar-refractivity contribution is -0.136. The van der Waals surface area contributed by atoms with Crippen molar-refractivity contribution in [3.63, 3.8) is 0 Å². The van der Waals surface area contributed by atoms with Crippen LogP contribution in [0.3, 0.4) is 0 Å². The number of phenolic OH excluding ortho intramolecular Hbond substituents is 1. The molecule has 1 aromatic rings. The lowest BCUT2D eigenvalue weighted by atomic mass is 9.99. The van der Waals surface area contributed by atoms with E-state index in [1.807, 2.05) is 0 Å². The maximum absolute atomic E-state index is 10.7. The van der Waals surface area contributed by atoms with Crippen molar-refractivity contribution in [3.05, 3.63) is 29.3 Å². The first-order valence-electron chi connectivity index (χ1n) is 5.95. The van der Waals surface area contributed by atoms with Crippen LogP contribution in [-0.4, -0.2) is 45.0 Å². The van der Waals surface area contributed by atoms with Crippen LogP contribution in [0.2, 0.25) is 0 Å². The number of carbonyl (C=O) groups excluding carboxylic acids is 1. The predicted octanol–water partition coefficient (Wildman–Crippen LogP) is -0.450. The van der Waals surface area contributed by atoms with Gasteiger partial charge in [-0.2, -0.15) is 0 Å². The van der Waals surface area contributed by atoms with Crippen LogP contribution in [0.25, 0.3) is 0 Å². The second kappa shape index (κ2) is 6.88. The van der Waals surface area contributed by atoms with Crippen LogP contribution in [0, 0.1) is 0 Å². The van der Waals surface area contributed by atoms with Crippen molar-refractivity contribution in [2.45, 2.75) is 25.6 Å². The van der Waals surface area contributed by atoms with Gasteiger partial charge in [-0.3, -0.25) is 9.59 Å². The Morgan fingerprint density at radius 3 is 2.50 bits per heavy atom. The van der Waals surface area contributed by atoms with Crippen LogP contribution in [0.1, 0.15) is 24.2 Å². The quantitative estimate of drug-likeness (QED) is 0.481. The molecule has 2 atom stereocenters. The summed E-state index contributed by atoms with van der Waals surface area (Å²) in [6.45, 7) is 1.09. The highest BCUT2D eigenvalue weighted by atomic mass is 16.4. The molecule has 5 N–H and O–H groups in total. The lowest BCUT2D eigenvalue weighted by Gasteiger charge is -2.19. The predicted molar refractivity (Wildman–Crippen MR) is 69.1 cm³/mol. The van der Waals surface area contributed by atoms with E-state index in [0.29, 0.717) is 5.56 Å². The Hall–Kier alpha value is -2.12. The van der Waals surface area contributed by atoms with Crippen LogP contribution in [-0.2, 0) is 16.0 Å². The summed E-state index contributed by atoms with van der Waals surface area (Å²) in [6, 6.07) is 3.98. The first kappa shape index (κ1) is 15.9. The fraction of sp³-hybridized carbons (Fsp3) is 0.385. The topological polar surface area (TPSA) is 127 Å². The molecular formula is C13H17NO6. The molecule has 7 nitrogen and oxygen atoms in total. The molecule has 0 aliphatic heterocycles. The molecule has 0 aliphatic carbocycles. The number of nitrogens with one attached hydrogen (secondary N) is 1. The van der Waals surface area contributed by atoms with E-state index in [2.05, 4.69) is 5.32 Å². The van der Waals surface area contributed by atoms with Gasteiger partial charge < -0.3 is 25.7 Å². The van der Waals surface area contributed by atoms with Crippen molar-refractivity contribution >= 4 is 11.9 Å². The largest absolute Gasteiger partial charge is 0.508 e. The number of amides is 1. The molecule has 0 saturated heterocycles. The molecular weight excluding hydrogens is 266 g/mol. The second-order valence-electron chi connectivity index (χ2n) is 4.41. The number of carboxylic acid groups (broad SMARTS) is 1. The summed E-state index contributed by atoms with van der Waals surface area (Å²) in [5.41, 5.74) is 0.401. The van der Waals surface area contributed by atoms with Gasteiger partial charge in [-0.1, -0.05) is 6.07 Å². The first-order valence-corrected chi connectivity index (χ1v) is 5.95. The molecule has 0 saturated carbocycles. The van der Waals surface area contributed by atoms with Gasteiger partial charge in [0.1, 0.15) is 18.0 Å². The molecule has 0 fully saturated rings. The molecule has 0 aliphatic rings. The summed E-state index contributed by atoms with van der Waals surface area (Å²) >= 11 is 0. The summed E-state index contributed by atoms with van der Waals surface area (Å²) < 4.78 is 0. The summed E-state index contributed by atoms with van der Waals surface area (Å²) in [5.74, 6) is -1.66. The number of aliphatic carboxylic acids is 1. The standard InChI is InChI=1S/C13H17NO6/c1-7(15)14-6-11(17)13(20)9-4-8(5-12(18)19)2-3-10(9)16/h2-4,11,13,16-17,20H,5-6H2,1H3,(H,14,15)(H,18,19). The first-order chi connectivity index (χ1) is 9.31. The highest BCUT2D eigenvalue weighted by Gasteiger charge is 2.22. The van der Waals surface area contributed by atoms with E-state index in [0.717, 1.165) is 0 Å². The SMILES string of the molecule is CC(=O)NCC(O)C(O)c1cc(CC(=O)O)ccc1O. The Kier molecular flexibility index (Phi) is 5.48. The molecule has 7 heteroatoms. The smallest absolute Gasteiger partial charge is 0.307 e. The van der Waals surface area contributed by atoms with Gasteiger partial charge in [-0.25, -0.2) is 0 Å². The van der Waals surface area contributed by atoms with E-state index < -0.39 is 18.2 Å². The Morgan fingerprint density at radius 1 is 1.30 bits per heavy atom. The van der Waals surface area contributed by atoms with Crippen LogP contribution in [0.4, 0.5) is 0 Å². The molecule has 1 aromatic carbocycles. The number of carboxylic acids is 1. The van der Waals surface area contributed by atoms with Crippen LogP contribution < -0.4 is 5.32 Å². The number of hydrogen-bond acceptors (Lipinski definition) is 5. The van der Waals surface area contributed by atoms with Crippen molar-refractivity contribution in [3.8, 4) is 5.75 Å². The molecule has 110 valence electrons. The fourth-order valence-corrected chi connectivity index (χ4v) is 1.69. The Balaban J connectivity index is 2.87. The summed E-state index contributed by atoms with van der Waals surface area (Å²) in [4.78, 5) is 21.4. The average Bonchev–Trinajstić information content (AvgIpc) is 2.36.